The smallest absolute Gasteiger partial charge is 0.247 e. The Morgan fingerprint density at radius 3 is 2.77 bits per heavy atom. The van der Waals surface area contributed by atoms with Gasteiger partial charge in [0.1, 0.15) is 11.5 Å². The maximum atomic E-state index is 12.8. The van der Waals surface area contributed by atoms with Gasteiger partial charge in [0.05, 0.1) is 19.9 Å². The second-order valence-corrected chi connectivity index (χ2v) is 5.71. The second kappa shape index (κ2) is 8.67. The van der Waals surface area contributed by atoms with E-state index < -0.39 is 0 Å². The first kappa shape index (κ1) is 17.5. The first-order chi connectivity index (χ1) is 12.8. The van der Waals surface area contributed by atoms with Crippen molar-refractivity contribution < 1.29 is 13.9 Å². The van der Waals surface area contributed by atoms with Crippen molar-refractivity contribution in [2.75, 3.05) is 7.11 Å². The van der Waals surface area contributed by atoms with Crippen molar-refractivity contribution >= 4 is 12.0 Å². The highest BCUT2D eigenvalue weighted by Crippen LogP contribution is 2.19. The molecule has 5 nitrogen and oxygen atoms in total. The van der Waals surface area contributed by atoms with Crippen molar-refractivity contribution in [1.82, 2.24) is 9.88 Å². The molecule has 1 aromatic carbocycles. The van der Waals surface area contributed by atoms with E-state index in [4.69, 9.17) is 9.15 Å². The molecule has 26 heavy (non-hydrogen) atoms. The van der Waals surface area contributed by atoms with E-state index in [2.05, 4.69) is 4.98 Å². The van der Waals surface area contributed by atoms with Crippen molar-refractivity contribution in [2.45, 2.75) is 13.1 Å². The molecular weight excluding hydrogens is 328 g/mol. The first-order valence-electron chi connectivity index (χ1n) is 8.27. The summed E-state index contributed by atoms with van der Waals surface area (Å²) in [5.41, 5.74) is 1.81. The Hall–Kier alpha value is -3.34. The highest BCUT2D eigenvalue weighted by atomic mass is 16.5. The molecule has 0 N–H and O–H groups in total. The molecule has 2 heterocycles. The Kier molecular flexibility index (Phi) is 5.83. The Morgan fingerprint density at radius 1 is 1.15 bits per heavy atom. The maximum Gasteiger partial charge on any atom is 0.247 e. The minimum absolute atomic E-state index is 0.115. The molecule has 2 aromatic heterocycles. The number of para-hydroxylation sites is 1. The highest BCUT2D eigenvalue weighted by Gasteiger charge is 2.14. The number of nitrogens with zero attached hydrogens (tertiary/aromatic N) is 2. The summed E-state index contributed by atoms with van der Waals surface area (Å²) in [4.78, 5) is 18.6. The molecule has 0 aliphatic carbocycles. The van der Waals surface area contributed by atoms with E-state index in [-0.39, 0.29) is 5.91 Å². The fourth-order valence-electron chi connectivity index (χ4n) is 2.59. The fourth-order valence-corrected chi connectivity index (χ4v) is 2.59. The molecule has 0 saturated carbocycles. The third-order valence-electron chi connectivity index (χ3n) is 3.88. The second-order valence-electron chi connectivity index (χ2n) is 5.71. The van der Waals surface area contributed by atoms with Gasteiger partial charge in [-0.1, -0.05) is 24.3 Å². The third-order valence-corrected chi connectivity index (χ3v) is 3.88. The van der Waals surface area contributed by atoms with Crippen LogP contribution in [0.25, 0.3) is 6.08 Å². The standard InChI is InChI=1S/C21H20N2O3/c1-25-20-9-3-2-7-18(20)10-11-21(24)23(16-19-8-5-13-26-19)15-17-6-4-12-22-14-17/h2-14H,15-16H2,1H3/b11-10+. The van der Waals surface area contributed by atoms with Crippen LogP contribution in [-0.4, -0.2) is 22.9 Å². The van der Waals surface area contributed by atoms with E-state index >= 15 is 0 Å². The summed E-state index contributed by atoms with van der Waals surface area (Å²) in [5.74, 6) is 1.34. The summed E-state index contributed by atoms with van der Waals surface area (Å²) in [6, 6.07) is 15.0. The molecule has 0 fully saturated rings. The molecule has 1 amide bonds. The molecule has 0 aliphatic rings. The normalized spacial score (nSPS) is 10.8. The Labute approximate surface area is 152 Å². The average Bonchev–Trinajstić information content (AvgIpc) is 3.20. The van der Waals surface area contributed by atoms with E-state index in [1.165, 1.54) is 0 Å². The van der Waals surface area contributed by atoms with Crippen LogP contribution in [0.4, 0.5) is 0 Å². The number of pyridine rings is 1. The van der Waals surface area contributed by atoms with Crippen LogP contribution in [-0.2, 0) is 17.9 Å². The minimum atomic E-state index is -0.115. The van der Waals surface area contributed by atoms with Gasteiger partial charge < -0.3 is 14.1 Å². The predicted molar refractivity (Wildman–Crippen MR) is 99.2 cm³/mol. The van der Waals surface area contributed by atoms with Crippen LogP contribution in [0.3, 0.4) is 0 Å². The number of hydrogen-bond donors (Lipinski definition) is 0. The summed E-state index contributed by atoms with van der Waals surface area (Å²) in [6.07, 6.45) is 8.39. The number of rotatable bonds is 7. The van der Waals surface area contributed by atoms with Gasteiger partial charge in [-0.2, -0.15) is 0 Å². The van der Waals surface area contributed by atoms with Crippen molar-refractivity contribution in [3.05, 3.63) is 90.2 Å². The summed E-state index contributed by atoms with van der Waals surface area (Å²) >= 11 is 0. The Balaban J connectivity index is 1.78. The Bertz CT molecular complexity index is 858. The van der Waals surface area contributed by atoms with Gasteiger partial charge in [-0.05, 0) is 35.9 Å². The van der Waals surface area contributed by atoms with E-state index in [9.17, 15) is 4.79 Å². The van der Waals surface area contributed by atoms with Gasteiger partial charge in [-0.3, -0.25) is 9.78 Å². The SMILES string of the molecule is COc1ccccc1/C=C/C(=O)N(Cc1cccnc1)Cc1ccco1. The third kappa shape index (κ3) is 4.60. The lowest BCUT2D eigenvalue weighted by Crippen LogP contribution is -2.28. The molecule has 0 atom stereocenters. The topological polar surface area (TPSA) is 55.6 Å². The number of amides is 1. The van der Waals surface area contributed by atoms with Crippen LogP contribution in [0, 0.1) is 0 Å². The van der Waals surface area contributed by atoms with Crippen LogP contribution in [0.2, 0.25) is 0 Å². The van der Waals surface area contributed by atoms with Crippen molar-refractivity contribution in [3.63, 3.8) is 0 Å². The van der Waals surface area contributed by atoms with Gasteiger partial charge in [0.25, 0.3) is 0 Å². The van der Waals surface area contributed by atoms with Crippen molar-refractivity contribution in [2.24, 2.45) is 0 Å². The number of carbonyl (C=O) groups is 1. The molecule has 3 aromatic rings. The zero-order valence-corrected chi connectivity index (χ0v) is 14.5. The maximum absolute atomic E-state index is 12.8. The summed E-state index contributed by atoms with van der Waals surface area (Å²) in [6.45, 7) is 0.834. The quantitative estimate of drug-likeness (QED) is 0.607. The van der Waals surface area contributed by atoms with Gasteiger partial charge in [-0.15, -0.1) is 0 Å². The zero-order chi connectivity index (χ0) is 18.2. The predicted octanol–water partition coefficient (Wildman–Crippen LogP) is 3.93. The number of ether oxygens (including phenoxy) is 1. The number of furan rings is 1. The highest BCUT2D eigenvalue weighted by molar-refractivity contribution is 5.92. The largest absolute Gasteiger partial charge is 0.496 e. The van der Waals surface area contributed by atoms with E-state index in [1.807, 2.05) is 48.5 Å². The molecule has 5 heteroatoms. The zero-order valence-electron chi connectivity index (χ0n) is 14.5. The van der Waals surface area contributed by atoms with Gasteiger partial charge in [-0.25, -0.2) is 0 Å². The van der Waals surface area contributed by atoms with E-state index in [0.717, 1.165) is 22.6 Å². The van der Waals surface area contributed by atoms with Gasteiger partial charge in [0.2, 0.25) is 5.91 Å². The van der Waals surface area contributed by atoms with Gasteiger partial charge >= 0.3 is 0 Å². The summed E-state index contributed by atoms with van der Waals surface area (Å²) in [7, 11) is 1.61. The molecule has 3 rings (SSSR count). The van der Waals surface area contributed by atoms with Crippen LogP contribution in [0.15, 0.2) is 77.7 Å². The lowest BCUT2D eigenvalue weighted by Gasteiger charge is -2.20. The number of benzene rings is 1. The van der Waals surface area contributed by atoms with Gasteiger partial charge in [0.15, 0.2) is 0 Å². The summed E-state index contributed by atoms with van der Waals surface area (Å²) < 4.78 is 10.7. The van der Waals surface area contributed by atoms with Crippen LogP contribution in [0.1, 0.15) is 16.9 Å². The van der Waals surface area contributed by atoms with Crippen molar-refractivity contribution in [3.8, 4) is 5.75 Å². The molecule has 132 valence electrons. The lowest BCUT2D eigenvalue weighted by atomic mass is 10.2. The lowest BCUT2D eigenvalue weighted by molar-refractivity contribution is -0.127. The number of methoxy groups -OCH3 is 1. The van der Waals surface area contributed by atoms with Crippen LogP contribution < -0.4 is 4.74 Å². The number of hydrogen-bond acceptors (Lipinski definition) is 4. The average molecular weight is 348 g/mol. The van der Waals surface area contributed by atoms with E-state index in [0.29, 0.717) is 13.1 Å². The molecule has 0 unspecified atom stereocenters. The molecular formula is C21H20N2O3. The molecule has 0 aliphatic heterocycles. The minimum Gasteiger partial charge on any atom is -0.496 e. The molecule has 0 radical (unpaired) electrons. The fraction of sp³-hybridized carbons (Fsp3) is 0.143. The van der Waals surface area contributed by atoms with Crippen LogP contribution in [0.5, 0.6) is 5.75 Å². The molecule has 0 spiro atoms. The van der Waals surface area contributed by atoms with Crippen molar-refractivity contribution in [1.29, 1.82) is 0 Å². The number of aromatic nitrogens is 1. The molecule has 0 bridgehead atoms. The van der Waals surface area contributed by atoms with Gasteiger partial charge in [0, 0.05) is 30.6 Å². The molecule has 0 saturated heterocycles. The van der Waals surface area contributed by atoms with E-state index in [1.54, 1.807) is 42.8 Å². The first-order valence-corrected chi connectivity index (χ1v) is 8.27. The Morgan fingerprint density at radius 2 is 2.04 bits per heavy atom. The van der Waals surface area contributed by atoms with Crippen LogP contribution >= 0.6 is 0 Å². The monoisotopic (exact) mass is 348 g/mol. The number of carbonyl (C=O) groups excluding carboxylic acids is 1. The summed E-state index contributed by atoms with van der Waals surface area (Å²) in [5, 5.41) is 0.